The summed E-state index contributed by atoms with van der Waals surface area (Å²) < 4.78 is 19.5. The molecule has 1 aromatic carbocycles. The quantitative estimate of drug-likeness (QED) is 0.821. The molecule has 1 fully saturated rings. The van der Waals surface area contributed by atoms with Crippen molar-refractivity contribution in [1.29, 1.82) is 0 Å². The average molecular weight is 321 g/mol. The van der Waals surface area contributed by atoms with Gasteiger partial charge in [-0.3, -0.25) is 4.79 Å². The molecule has 23 heavy (non-hydrogen) atoms. The highest BCUT2D eigenvalue weighted by molar-refractivity contribution is 5.87. The largest absolute Gasteiger partial charge is 0.491 e. The molecule has 0 bridgehead atoms. The molecular weight excluding hydrogens is 301 g/mol. The van der Waals surface area contributed by atoms with Gasteiger partial charge in [0.15, 0.2) is 0 Å². The zero-order chi connectivity index (χ0) is 16.2. The van der Waals surface area contributed by atoms with E-state index in [0.29, 0.717) is 37.4 Å². The third-order valence-electron chi connectivity index (χ3n) is 4.16. The molecule has 6 nitrogen and oxygen atoms in total. The Hall–Kier alpha value is -2.31. The number of rotatable bonds is 1. The van der Waals surface area contributed by atoms with E-state index in [0.717, 1.165) is 12.8 Å². The van der Waals surface area contributed by atoms with Crippen LogP contribution in [0.5, 0.6) is 5.75 Å². The number of carbonyl (C=O) groups excluding carboxylic acids is 2. The highest BCUT2D eigenvalue weighted by atomic mass is 19.1. The van der Waals surface area contributed by atoms with Crippen molar-refractivity contribution in [3.8, 4) is 5.75 Å². The fourth-order valence-corrected chi connectivity index (χ4v) is 2.85. The molecule has 124 valence electrons. The number of benzene rings is 1. The van der Waals surface area contributed by atoms with Crippen LogP contribution >= 0.6 is 0 Å². The van der Waals surface area contributed by atoms with Crippen LogP contribution in [0.4, 0.5) is 9.18 Å². The summed E-state index contributed by atoms with van der Waals surface area (Å²) in [7, 11) is 0. The molecule has 0 unspecified atom stereocenters. The summed E-state index contributed by atoms with van der Waals surface area (Å²) in [5.41, 5.74) is 0.366. The number of amides is 3. The van der Waals surface area contributed by atoms with Crippen LogP contribution in [0.2, 0.25) is 0 Å². The lowest BCUT2D eigenvalue weighted by atomic mass is 10.1. The zero-order valence-corrected chi connectivity index (χ0v) is 12.8. The van der Waals surface area contributed by atoms with E-state index in [1.54, 1.807) is 12.1 Å². The Morgan fingerprint density at radius 1 is 1.39 bits per heavy atom. The van der Waals surface area contributed by atoms with Gasteiger partial charge in [-0.2, -0.15) is 0 Å². The first-order valence-corrected chi connectivity index (χ1v) is 7.88. The number of fused-ring (bicyclic) bond motifs is 1. The molecule has 2 N–H and O–H groups in total. The molecule has 7 heteroatoms. The van der Waals surface area contributed by atoms with Crippen LogP contribution in [0.1, 0.15) is 24.8 Å². The fourth-order valence-electron chi connectivity index (χ4n) is 2.85. The molecule has 0 spiro atoms. The van der Waals surface area contributed by atoms with Crippen molar-refractivity contribution in [2.45, 2.75) is 31.8 Å². The maximum atomic E-state index is 14.0. The lowest BCUT2D eigenvalue weighted by Gasteiger charge is -2.23. The number of hydrogen-bond acceptors (Lipinski definition) is 3. The van der Waals surface area contributed by atoms with E-state index in [4.69, 9.17) is 4.74 Å². The fraction of sp³-hybridized carbons (Fsp3) is 0.500. The molecule has 3 amide bonds. The Morgan fingerprint density at radius 3 is 3.13 bits per heavy atom. The third kappa shape index (κ3) is 3.55. The first-order valence-electron chi connectivity index (χ1n) is 7.88. The monoisotopic (exact) mass is 321 g/mol. The summed E-state index contributed by atoms with van der Waals surface area (Å²) in [6.45, 7) is 1.40. The van der Waals surface area contributed by atoms with E-state index in [1.165, 1.54) is 11.0 Å². The van der Waals surface area contributed by atoms with Crippen LogP contribution < -0.4 is 15.4 Å². The van der Waals surface area contributed by atoms with E-state index in [2.05, 4.69) is 10.6 Å². The topological polar surface area (TPSA) is 70.7 Å². The second-order valence-corrected chi connectivity index (χ2v) is 5.78. The lowest BCUT2D eigenvalue weighted by molar-refractivity contribution is -0.122. The molecule has 1 atom stereocenters. The van der Waals surface area contributed by atoms with Crippen molar-refractivity contribution in [2.75, 3.05) is 19.7 Å². The first-order chi connectivity index (χ1) is 11.1. The van der Waals surface area contributed by atoms with Crippen molar-refractivity contribution in [3.63, 3.8) is 0 Å². The second-order valence-electron chi connectivity index (χ2n) is 5.78. The van der Waals surface area contributed by atoms with Crippen molar-refractivity contribution >= 4 is 11.9 Å². The molecule has 2 heterocycles. The maximum absolute atomic E-state index is 14.0. The molecular formula is C16H20FN3O3. The highest BCUT2D eigenvalue weighted by Gasteiger charge is 2.27. The molecule has 1 aromatic rings. The Labute approximate surface area is 134 Å². The smallest absolute Gasteiger partial charge is 0.318 e. The van der Waals surface area contributed by atoms with Crippen LogP contribution in [0.25, 0.3) is 0 Å². The summed E-state index contributed by atoms with van der Waals surface area (Å²) in [6, 6.07) is 3.72. The van der Waals surface area contributed by atoms with E-state index in [1.807, 2.05) is 0 Å². The SMILES string of the molecule is O=C1NCCCC[C@H]1NC(=O)N1CCOc2cccc(F)c2C1. The van der Waals surface area contributed by atoms with E-state index >= 15 is 0 Å². The number of halogens is 1. The minimum Gasteiger partial charge on any atom is -0.491 e. The summed E-state index contributed by atoms with van der Waals surface area (Å²) in [5.74, 6) is -0.0876. The molecule has 0 saturated carbocycles. The summed E-state index contributed by atoms with van der Waals surface area (Å²) in [4.78, 5) is 25.9. The van der Waals surface area contributed by atoms with E-state index in [-0.39, 0.29) is 18.5 Å². The van der Waals surface area contributed by atoms with Gasteiger partial charge in [0.1, 0.15) is 24.2 Å². The Balaban J connectivity index is 1.70. The Morgan fingerprint density at radius 2 is 2.26 bits per heavy atom. The standard InChI is InChI=1S/C16H20FN3O3/c17-12-4-3-6-14-11(12)10-20(8-9-23-14)16(22)19-13-5-1-2-7-18-15(13)21/h3-4,6,13H,1-2,5,7-10H2,(H,18,21)(H,19,22)/t13-/m1/s1. The van der Waals surface area contributed by atoms with Crippen LogP contribution in [-0.2, 0) is 11.3 Å². The number of urea groups is 1. The maximum Gasteiger partial charge on any atom is 0.318 e. The number of ether oxygens (including phenoxy) is 1. The number of hydrogen-bond donors (Lipinski definition) is 2. The van der Waals surface area contributed by atoms with Gasteiger partial charge in [-0.1, -0.05) is 6.07 Å². The van der Waals surface area contributed by atoms with E-state index in [9.17, 15) is 14.0 Å². The number of nitrogens with zero attached hydrogens (tertiary/aromatic N) is 1. The molecule has 2 aliphatic rings. The van der Waals surface area contributed by atoms with Crippen LogP contribution in [-0.4, -0.2) is 42.6 Å². The van der Waals surface area contributed by atoms with Gasteiger partial charge in [0.05, 0.1) is 13.1 Å². The molecule has 0 aromatic heterocycles. The molecule has 2 aliphatic heterocycles. The van der Waals surface area contributed by atoms with E-state index < -0.39 is 11.9 Å². The van der Waals surface area contributed by atoms with Gasteiger partial charge in [0.25, 0.3) is 0 Å². The summed E-state index contributed by atoms with van der Waals surface area (Å²) in [6.07, 6.45) is 2.41. The van der Waals surface area contributed by atoms with Gasteiger partial charge in [-0.05, 0) is 31.4 Å². The van der Waals surface area contributed by atoms with Crippen LogP contribution in [0.15, 0.2) is 18.2 Å². The van der Waals surface area contributed by atoms with Crippen molar-refractivity contribution in [1.82, 2.24) is 15.5 Å². The Bertz CT molecular complexity index is 608. The van der Waals surface area contributed by atoms with Gasteiger partial charge in [0.2, 0.25) is 5.91 Å². The number of nitrogens with one attached hydrogen (secondary N) is 2. The first kappa shape index (κ1) is 15.6. The molecule has 0 aliphatic carbocycles. The molecule has 3 rings (SSSR count). The summed E-state index contributed by atoms with van der Waals surface area (Å²) in [5, 5.41) is 5.54. The minimum atomic E-state index is -0.533. The highest BCUT2D eigenvalue weighted by Crippen LogP contribution is 2.25. The Kier molecular flexibility index (Phi) is 4.64. The predicted octanol–water partition coefficient (Wildman–Crippen LogP) is 1.40. The van der Waals surface area contributed by atoms with Gasteiger partial charge < -0.3 is 20.3 Å². The van der Waals surface area contributed by atoms with Crippen molar-refractivity contribution in [2.24, 2.45) is 0 Å². The zero-order valence-electron chi connectivity index (χ0n) is 12.8. The van der Waals surface area contributed by atoms with Gasteiger partial charge in [-0.25, -0.2) is 9.18 Å². The van der Waals surface area contributed by atoms with Gasteiger partial charge in [-0.15, -0.1) is 0 Å². The summed E-state index contributed by atoms with van der Waals surface area (Å²) >= 11 is 0. The number of carbonyl (C=O) groups is 2. The van der Waals surface area contributed by atoms with Crippen LogP contribution in [0, 0.1) is 5.82 Å². The lowest BCUT2D eigenvalue weighted by Crippen LogP contribution is -2.50. The van der Waals surface area contributed by atoms with Crippen molar-refractivity contribution in [3.05, 3.63) is 29.6 Å². The molecule has 1 saturated heterocycles. The average Bonchev–Trinajstić information content (AvgIpc) is 2.87. The van der Waals surface area contributed by atoms with Gasteiger partial charge >= 0.3 is 6.03 Å². The van der Waals surface area contributed by atoms with Crippen molar-refractivity contribution < 1.29 is 18.7 Å². The molecule has 0 radical (unpaired) electrons. The van der Waals surface area contributed by atoms with Gasteiger partial charge in [0, 0.05) is 12.1 Å². The minimum absolute atomic E-state index is 0.127. The predicted molar refractivity (Wildman–Crippen MR) is 81.5 cm³/mol. The third-order valence-corrected chi connectivity index (χ3v) is 4.16. The van der Waals surface area contributed by atoms with Crippen LogP contribution in [0.3, 0.4) is 0 Å². The second kappa shape index (κ2) is 6.85. The normalized spacial score (nSPS) is 21.3.